The Morgan fingerprint density at radius 1 is 1.03 bits per heavy atom. The number of hydrazine groups is 1. The standard InChI is InChI=1S/C24H30N4O3/c1-17(2)21(19-12-8-5-9-13-19)25-16-20(29)27-28-22(30)24(3,26-23(28)31)15-14-18-10-6-4-7-11-18/h4-13,17,21,25H,14-16H2,1-3H3,(H,26,31)(H,27,29)/t21-,24+/m0/s1. The smallest absolute Gasteiger partial charge is 0.322 e. The van der Waals surface area contributed by atoms with Crippen molar-refractivity contribution >= 4 is 17.8 Å². The second-order valence-electron chi connectivity index (χ2n) is 8.44. The Kier molecular flexibility index (Phi) is 7.07. The molecule has 1 saturated heterocycles. The Morgan fingerprint density at radius 3 is 2.26 bits per heavy atom. The van der Waals surface area contributed by atoms with Gasteiger partial charge in [0.15, 0.2) is 0 Å². The number of imide groups is 1. The topological polar surface area (TPSA) is 90.5 Å². The Bertz CT molecular complexity index is 917. The summed E-state index contributed by atoms with van der Waals surface area (Å²) in [4.78, 5) is 37.7. The molecule has 0 spiro atoms. The maximum atomic E-state index is 12.9. The molecule has 2 aromatic rings. The molecule has 0 bridgehead atoms. The molecule has 1 aliphatic heterocycles. The number of hydrogen-bond donors (Lipinski definition) is 3. The number of carbonyl (C=O) groups is 3. The van der Waals surface area contributed by atoms with E-state index in [1.165, 1.54) is 0 Å². The van der Waals surface area contributed by atoms with Crippen LogP contribution in [-0.2, 0) is 16.0 Å². The summed E-state index contributed by atoms with van der Waals surface area (Å²) in [5.74, 6) is -0.643. The van der Waals surface area contributed by atoms with Gasteiger partial charge in [-0.1, -0.05) is 74.5 Å². The van der Waals surface area contributed by atoms with Crippen LogP contribution in [0.1, 0.15) is 44.4 Å². The zero-order valence-corrected chi connectivity index (χ0v) is 18.2. The molecule has 7 nitrogen and oxygen atoms in total. The van der Waals surface area contributed by atoms with Crippen molar-refractivity contribution in [1.82, 2.24) is 21.1 Å². The number of nitrogens with zero attached hydrogens (tertiary/aromatic N) is 1. The summed E-state index contributed by atoms with van der Waals surface area (Å²) < 4.78 is 0. The number of urea groups is 1. The molecule has 3 N–H and O–H groups in total. The van der Waals surface area contributed by atoms with Gasteiger partial charge in [-0.05, 0) is 36.8 Å². The zero-order chi connectivity index (χ0) is 22.4. The number of carbonyl (C=O) groups excluding carboxylic acids is 3. The molecule has 164 valence electrons. The van der Waals surface area contributed by atoms with Crippen molar-refractivity contribution in [3.8, 4) is 0 Å². The van der Waals surface area contributed by atoms with Gasteiger partial charge in [0.2, 0.25) is 0 Å². The van der Waals surface area contributed by atoms with Gasteiger partial charge in [-0.15, -0.1) is 0 Å². The molecule has 31 heavy (non-hydrogen) atoms. The van der Waals surface area contributed by atoms with Crippen LogP contribution in [0.4, 0.5) is 4.79 Å². The Morgan fingerprint density at radius 2 is 1.65 bits per heavy atom. The summed E-state index contributed by atoms with van der Waals surface area (Å²) in [6.07, 6.45) is 1.08. The van der Waals surface area contributed by atoms with E-state index in [1.807, 2.05) is 60.7 Å². The second-order valence-corrected chi connectivity index (χ2v) is 8.44. The van der Waals surface area contributed by atoms with Crippen LogP contribution in [0, 0.1) is 5.92 Å². The molecule has 0 aromatic heterocycles. The van der Waals surface area contributed by atoms with Gasteiger partial charge < -0.3 is 10.6 Å². The summed E-state index contributed by atoms with van der Waals surface area (Å²) in [7, 11) is 0. The SMILES string of the molecule is CC(C)[C@H](NCC(=O)NN1C(=O)N[C@](C)(CCc2ccccc2)C1=O)c1ccccc1. The van der Waals surface area contributed by atoms with Crippen LogP contribution in [0.3, 0.4) is 0 Å². The Labute approximate surface area is 183 Å². The van der Waals surface area contributed by atoms with Crippen LogP contribution >= 0.6 is 0 Å². The molecule has 4 amide bonds. The van der Waals surface area contributed by atoms with E-state index in [4.69, 9.17) is 0 Å². The van der Waals surface area contributed by atoms with E-state index in [0.29, 0.717) is 12.8 Å². The summed E-state index contributed by atoms with van der Waals surface area (Å²) >= 11 is 0. The third-order valence-electron chi connectivity index (χ3n) is 5.56. The van der Waals surface area contributed by atoms with Gasteiger partial charge in [0.1, 0.15) is 5.54 Å². The number of nitrogens with one attached hydrogen (secondary N) is 3. The Hall–Kier alpha value is -3.19. The largest absolute Gasteiger partial charge is 0.344 e. The maximum Gasteiger partial charge on any atom is 0.344 e. The van der Waals surface area contributed by atoms with Gasteiger partial charge >= 0.3 is 6.03 Å². The lowest BCUT2D eigenvalue weighted by Crippen LogP contribution is -2.51. The van der Waals surface area contributed by atoms with E-state index in [1.54, 1.807) is 6.92 Å². The van der Waals surface area contributed by atoms with Crippen molar-refractivity contribution in [2.75, 3.05) is 6.54 Å². The first-order chi connectivity index (χ1) is 14.8. The first-order valence-corrected chi connectivity index (χ1v) is 10.6. The lowest BCUT2D eigenvalue weighted by Gasteiger charge is -2.24. The lowest BCUT2D eigenvalue weighted by molar-refractivity contribution is -0.138. The van der Waals surface area contributed by atoms with E-state index in [9.17, 15) is 14.4 Å². The van der Waals surface area contributed by atoms with Crippen LogP contribution in [-0.4, -0.2) is 34.9 Å². The summed E-state index contributed by atoms with van der Waals surface area (Å²) in [5.41, 5.74) is 3.55. The number of hydrogen-bond acceptors (Lipinski definition) is 4. The van der Waals surface area contributed by atoms with Crippen LogP contribution < -0.4 is 16.1 Å². The molecule has 1 fully saturated rings. The number of aryl methyl sites for hydroxylation is 1. The predicted octanol–water partition coefficient (Wildman–Crippen LogP) is 2.95. The van der Waals surface area contributed by atoms with Crippen LogP contribution in [0.2, 0.25) is 0 Å². The molecular weight excluding hydrogens is 392 g/mol. The van der Waals surface area contributed by atoms with E-state index in [-0.39, 0.29) is 18.5 Å². The van der Waals surface area contributed by atoms with Crippen LogP contribution in [0.5, 0.6) is 0 Å². The molecule has 0 aliphatic carbocycles. The fourth-order valence-corrected chi connectivity index (χ4v) is 3.76. The fraction of sp³-hybridized carbons (Fsp3) is 0.375. The quantitative estimate of drug-likeness (QED) is 0.542. The van der Waals surface area contributed by atoms with Gasteiger partial charge in [-0.25, -0.2) is 4.79 Å². The van der Waals surface area contributed by atoms with Gasteiger partial charge in [0, 0.05) is 6.04 Å². The molecule has 7 heteroatoms. The van der Waals surface area contributed by atoms with E-state index in [0.717, 1.165) is 16.1 Å². The lowest BCUT2D eigenvalue weighted by atomic mass is 9.93. The predicted molar refractivity (Wildman–Crippen MR) is 119 cm³/mol. The highest BCUT2D eigenvalue weighted by atomic mass is 16.2. The van der Waals surface area contributed by atoms with Gasteiger partial charge in [-0.2, -0.15) is 5.01 Å². The molecule has 2 aromatic carbocycles. The molecular formula is C24H30N4O3. The normalized spacial score (nSPS) is 19.4. The van der Waals surface area contributed by atoms with Crippen molar-refractivity contribution in [2.45, 2.75) is 45.2 Å². The summed E-state index contributed by atoms with van der Waals surface area (Å²) in [5, 5.41) is 6.74. The number of rotatable bonds is 9. The van der Waals surface area contributed by atoms with Crippen molar-refractivity contribution < 1.29 is 14.4 Å². The highest BCUT2D eigenvalue weighted by Gasteiger charge is 2.48. The number of amides is 4. The second kappa shape index (κ2) is 9.75. The molecule has 0 radical (unpaired) electrons. The van der Waals surface area contributed by atoms with Gasteiger partial charge in [0.25, 0.3) is 11.8 Å². The van der Waals surface area contributed by atoms with Crippen molar-refractivity contribution in [3.63, 3.8) is 0 Å². The first-order valence-electron chi connectivity index (χ1n) is 10.6. The molecule has 3 rings (SSSR count). The van der Waals surface area contributed by atoms with Crippen molar-refractivity contribution in [1.29, 1.82) is 0 Å². The molecule has 1 aliphatic rings. The maximum absolute atomic E-state index is 12.9. The highest BCUT2D eigenvalue weighted by molar-refractivity contribution is 6.07. The minimum absolute atomic E-state index is 0.0183. The fourth-order valence-electron chi connectivity index (χ4n) is 3.76. The Balaban J connectivity index is 1.57. The molecule has 2 atom stereocenters. The molecule has 1 heterocycles. The van der Waals surface area contributed by atoms with E-state index >= 15 is 0 Å². The minimum Gasteiger partial charge on any atom is -0.322 e. The van der Waals surface area contributed by atoms with Crippen LogP contribution in [0.15, 0.2) is 60.7 Å². The van der Waals surface area contributed by atoms with Crippen molar-refractivity contribution in [3.05, 3.63) is 71.8 Å². The van der Waals surface area contributed by atoms with Gasteiger partial charge in [0.05, 0.1) is 6.54 Å². The molecule has 0 saturated carbocycles. The zero-order valence-electron chi connectivity index (χ0n) is 18.2. The van der Waals surface area contributed by atoms with E-state index < -0.39 is 23.4 Å². The third kappa shape index (κ3) is 5.49. The van der Waals surface area contributed by atoms with E-state index in [2.05, 4.69) is 29.9 Å². The van der Waals surface area contributed by atoms with Crippen molar-refractivity contribution in [2.24, 2.45) is 5.92 Å². The summed E-state index contributed by atoms with van der Waals surface area (Å²) in [6, 6.07) is 19.0. The summed E-state index contributed by atoms with van der Waals surface area (Å²) in [6.45, 7) is 5.80. The monoisotopic (exact) mass is 422 g/mol. The third-order valence-corrected chi connectivity index (χ3v) is 5.56. The first kappa shape index (κ1) is 22.5. The number of benzene rings is 2. The average Bonchev–Trinajstić information content (AvgIpc) is 2.97. The highest BCUT2D eigenvalue weighted by Crippen LogP contribution is 2.23. The molecule has 0 unspecified atom stereocenters. The minimum atomic E-state index is -1.06. The van der Waals surface area contributed by atoms with Gasteiger partial charge in [-0.3, -0.25) is 15.0 Å². The van der Waals surface area contributed by atoms with Crippen LogP contribution in [0.25, 0.3) is 0 Å². The average molecular weight is 423 g/mol.